The third-order valence-electron chi connectivity index (χ3n) is 3.37. The minimum absolute atomic E-state index is 0.240. The summed E-state index contributed by atoms with van der Waals surface area (Å²) in [4.78, 5) is 25.8. The summed E-state index contributed by atoms with van der Waals surface area (Å²) in [5, 5.41) is 0. The zero-order valence-electron chi connectivity index (χ0n) is 12.9. The molecule has 0 aromatic heterocycles. The molecule has 1 aliphatic rings. The second-order valence-electron chi connectivity index (χ2n) is 4.58. The van der Waals surface area contributed by atoms with Crippen LogP contribution in [-0.2, 0) is 14.3 Å². The van der Waals surface area contributed by atoms with Crippen LogP contribution in [0.1, 0.15) is 10.4 Å². The average Bonchev–Trinajstić information content (AvgIpc) is 2.79. The van der Waals surface area contributed by atoms with Gasteiger partial charge in [-0.25, -0.2) is 0 Å². The van der Waals surface area contributed by atoms with Crippen LogP contribution in [0.4, 0.5) is 5.69 Å². The van der Waals surface area contributed by atoms with Gasteiger partial charge in [-0.1, -0.05) is 0 Å². The number of hydrogen-bond donors (Lipinski definition) is 0. The molecule has 1 aliphatic heterocycles. The fourth-order valence-corrected chi connectivity index (χ4v) is 2.32. The van der Waals surface area contributed by atoms with Gasteiger partial charge >= 0.3 is 0 Å². The number of rotatable bonds is 8. The van der Waals surface area contributed by atoms with Crippen LogP contribution in [0.3, 0.4) is 0 Å². The van der Waals surface area contributed by atoms with Crippen molar-refractivity contribution in [3.05, 3.63) is 17.7 Å². The first kappa shape index (κ1) is 16.3. The lowest BCUT2D eigenvalue weighted by atomic mass is 10.1. The van der Waals surface area contributed by atoms with Gasteiger partial charge in [0.15, 0.2) is 0 Å². The molecule has 7 heteroatoms. The van der Waals surface area contributed by atoms with E-state index in [0.717, 1.165) is 0 Å². The predicted molar refractivity (Wildman–Crippen MR) is 78.9 cm³/mol. The predicted octanol–water partition coefficient (Wildman–Crippen LogP) is 0.896. The monoisotopic (exact) mass is 309 g/mol. The summed E-state index contributed by atoms with van der Waals surface area (Å²) in [6, 6.07) is 3.28. The van der Waals surface area contributed by atoms with Crippen molar-refractivity contribution in [2.24, 2.45) is 0 Å². The van der Waals surface area contributed by atoms with Crippen molar-refractivity contribution in [3.8, 4) is 11.5 Å². The van der Waals surface area contributed by atoms with Gasteiger partial charge in [-0.2, -0.15) is 0 Å². The highest BCUT2D eigenvalue weighted by Gasteiger charge is 2.40. The molecule has 0 saturated heterocycles. The summed E-state index contributed by atoms with van der Waals surface area (Å²) in [5.74, 6) is -0.389. The Hall–Kier alpha value is -2.12. The van der Waals surface area contributed by atoms with E-state index in [-0.39, 0.29) is 12.1 Å². The summed E-state index contributed by atoms with van der Waals surface area (Å²) in [5.41, 5.74) is 0.677. The van der Waals surface area contributed by atoms with Crippen molar-refractivity contribution in [1.29, 1.82) is 0 Å². The Kier molecular flexibility index (Phi) is 5.35. The van der Waals surface area contributed by atoms with Gasteiger partial charge in [-0.15, -0.1) is 0 Å². The van der Waals surface area contributed by atoms with E-state index in [1.54, 1.807) is 19.2 Å². The van der Waals surface area contributed by atoms with Gasteiger partial charge in [0.05, 0.1) is 39.6 Å². The van der Waals surface area contributed by atoms with Gasteiger partial charge < -0.3 is 18.9 Å². The Labute approximate surface area is 128 Å². The first-order valence-electron chi connectivity index (χ1n) is 6.83. The molecule has 0 saturated carbocycles. The van der Waals surface area contributed by atoms with E-state index < -0.39 is 11.7 Å². The largest absolute Gasteiger partial charge is 0.496 e. The van der Waals surface area contributed by atoms with Crippen LogP contribution in [0.25, 0.3) is 0 Å². The first-order valence-corrected chi connectivity index (χ1v) is 6.83. The number of methoxy groups -OCH3 is 3. The van der Waals surface area contributed by atoms with E-state index >= 15 is 0 Å². The van der Waals surface area contributed by atoms with Crippen LogP contribution in [0.15, 0.2) is 12.1 Å². The Morgan fingerprint density at radius 2 is 1.64 bits per heavy atom. The molecule has 2 rings (SSSR count). The lowest BCUT2D eigenvalue weighted by molar-refractivity contribution is -0.114. The van der Waals surface area contributed by atoms with Crippen molar-refractivity contribution >= 4 is 17.4 Å². The minimum Gasteiger partial charge on any atom is -0.496 e. The summed E-state index contributed by atoms with van der Waals surface area (Å²) >= 11 is 0. The van der Waals surface area contributed by atoms with Crippen molar-refractivity contribution < 1.29 is 28.5 Å². The quantitative estimate of drug-likeness (QED) is 0.524. The van der Waals surface area contributed by atoms with Crippen LogP contribution in [0.2, 0.25) is 0 Å². The number of ether oxygens (including phenoxy) is 4. The highest BCUT2D eigenvalue weighted by atomic mass is 16.5. The third kappa shape index (κ3) is 2.90. The second kappa shape index (κ2) is 7.24. The minimum atomic E-state index is -0.604. The van der Waals surface area contributed by atoms with E-state index in [2.05, 4.69) is 0 Å². The molecule has 0 bridgehead atoms. The lowest BCUT2D eigenvalue weighted by Gasteiger charge is -2.19. The van der Waals surface area contributed by atoms with Gasteiger partial charge in [-0.3, -0.25) is 14.5 Å². The third-order valence-corrected chi connectivity index (χ3v) is 3.37. The van der Waals surface area contributed by atoms with Crippen LogP contribution >= 0.6 is 0 Å². The molecule has 0 atom stereocenters. The smallest absolute Gasteiger partial charge is 0.299 e. The topological polar surface area (TPSA) is 74.3 Å². The Balaban J connectivity index is 2.24. The van der Waals surface area contributed by atoms with Crippen molar-refractivity contribution in [3.63, 3.8) is 0 Å². The molecule has 0 aliphatic carbocycles. The number of carbonyl (C=O) groups is 2. The Morgan fingerprint density at radius 3 is 2.27 bits per heavy atom. The SMILES string of the molecule is COCCOCCN1C(=O)C(=O)c2c(OC)ccc(OC)c21. The van der Waals surface area contributed by atoms with Crippen LogP contribution in [0, 0.1) is 0 Å². The summed E-state index contributed by atoms with van der Waals surface area (Å²) < 4.78 is 20.7. The van der Waals surface area contributed by atoms with E-state index in [1.807, 2.05) is 0 Å². The number of Topliss-reactive ketones (excluding diaryl/α,β-unsaturated/α-hetero) is 1. The Morgan fingerprint density at radius 1 is 0.955 bits per heavy atom. The zero-order chi connectivity index (χ0) is 16.1. The van der Waals surface area contributed by atoms with Crippen LogP contribution < -0.4 is 14.4 Å². The van der Waals surface area contributed by atoms with Crippen molar-refractivity contribution in [2.75, 3.05) is 52.6 Å². The molecular formula is C15H19NO6. The Bertz CT molecular complexity index is 571. The molecule has 0 unspecified atom stereocenters. The standard InChI is InChI=1S/C15H19NO6/c1-19-8-9-22-7-6-16-13-11(21-3)5-4-10(20-2)12(13)14(17)15(16)18/h4-5H,6-9H2,1-3H3. The molecule has 0 N–H and O–H groups in total. The second-order valence-corrected chi connectivity index (χ2v) is 4.58. The van der Waals surface area contributed by atoms with E-state index in [4.69, 9.17) is 18.9 Å². The molecule has 0 fully saturated rings. The number of anilines is 1. The van der Waals surface area contributed by atoms with Crippen molar-refractivity contribution in [1.82, 2.24) is 0 Å². The van der Waals surface area contributed by atoms with Gasteiger partial charge in [-0.05, 0) is 12.1 Å². The number of benzene rings is 1. The molecule has 1 aromatic rings. The number of amides is 1. The van der Waals surface area contributed by atoms with Crippen molar-refractivity contribution in [2.45, 2.75) is 0 Å². The van der Waals surface area contributed by atoms with E-state index in [0.29, 0.717) is 37.0 Å². The molecule has 120 valence electrons. The zero-order valence-corrected chi connectivity index (χ0v) is 12.9. The fourth-order valence-electron chi connectivity index (χ4n) is 2.32. The number of ketones is 1. The van der Waals surface area contributed by atoms with Gasteiger partial charge in [0.25, 0.3) is 11.7 Å². The number of nitrogens with zero attached hydrogens (tertiary/aromatic N) is 1. The lowest BCUT2D eigenvalue weighted by Crippen LogP contribution is -2.33. The van der Waals surface area contributed by atoms with Crippen LogP contribution in [0.5, 0.6) is 11.5 Å². The summed E-state index contributed by atoms with van der Waals surface area (Å²) in [6.45, 7) is 1.45. The molecular weight excluding hydrogens is 290 g/mol. The van der Waals surface area contributed by atoms with E-state index in [9.17, 15) is 9.59 Å². The molecule has 0 spiro atoms. The number of carbonyl (C=O) groups excluding carboxylic acids is 2. The highest BCUT2D eigenvalue weighted by Crippen LogP contribution is 2.42. The number of hydrogen-bond acceptors (Lipinski definition) is 6. The molecule has 1 heterocycles. The van der Waals surface area contributed by atoms with Gasteiger partial charge in [0, 0.05) is 13.7 Å². The van der Waals surface area contributed by atoms with Crippen LogP contribution in [-0.4, -0.2) is 59.4 Å². The average molecular weight is 309 g/mol. The van der Waals surface area contributed by atoms with E-state index in [1.165, 1.54) is 19.1 Å². The van der Waals surface area contributed by atoms with Gasteiger partial charge in [0.1, 0.15) is 17.2 Å². The maximum Gasteiger partial charge on any atom is 0.299 e. The highest BCUT2D eigenvalue weighted by molar-refractivity contribution is 6.53. The normalized spacial score (nSPS) is 13.5. The molecule has 22 heavy (non-hydrogen) atoms. The maximum atomic E-state index is 12.2. The first-order chi connectivity index (χ1) is 10.7. The molecule has 1 amide bonds. The molecule has 1 aromatic carbocycles. The summed E-state index contributed by atoms with van der Waals surface area (Å²) in [6.07, 6.45) is 0. The maximum absolute atomic E-state index is 12.2. The fraction of sp³-hybridized carbons (Fsp3) is 0.467. The number of fused-ring (bicyclic) bond motifs is 1. The summed E-state index contributed by atoms with van der Waals surface area (Å²) in [7, 11) is 4.53. The van der Waals surface area contributed by atoms with Gasteiger partial charge in [0.2, 0.25) is 0 Å². The molecule has 7 nitrogen and oxygen atoms in total. The molecule has 0 radical (unpaired) electrons.